The third-order valence-electron chi connectivity index (χ3n) is 3.18. The molecule has 0 aliphatic carbocycles. The van der Waals surface area contributed by atoms with E-state index in [1.54, 1.807) is 7.11 Å². The van der Waals surface area contributed by atoms with E-state index >= 15 is 0 Å². The Kier molecular flexibility index (Phi) is 7.09. The van der Waals surface area contributed by atoms with Gasteiger partial charge >= 0.3 is 0 Å². The predicted octanol–water partition coefficient (Wildman–Crippen LogP) is 0.489. The van der Waals surface area contributed by atoms with Gasteiger partial charge in [-0.3, -0.25) is 0 Å². The van der Waals surface area contributed by atoms with Crippen LogP contribution in [0.25, 0.3) is 0 Å². The van der Waals surface area contributed by atoms with E-state index in [0.29, 0.717) is 12.6 Å². The first-order chi connectivity index (χ1) is 7.03. The molecule has 0 heterocycles. The molecule has 15 heavy (non-hydrogen) atoms. The van der Waals surface area contributed by atoms with Crippen LogP contribution in [0, 0.1) is 0 Å². The molecular formula is C11H26N2O2. The van der Waals surface area contributed by atoms with Crippen molar-refractivity contribution in [2.75, 3.05) is 20.3 Å². The van der Waals surface area contributed by atoms with Crippen LogP contribution in [0.3, 0.4) is 0 Å². The summed E-state index contributed by atoms with van der Waals surface area (Å²) in [6.07, 6.45) is 1.78. The van der Waals surface area contributed by atoms with Gasteiger partial charge in [0.15, 0.2) is 0 Å². The van der Waals surface area contributed by atoms with Gasteiger partial charge < -0.3 is 20.9 Å². The molecule has 4 N–H and O–H groups in total. The van der Waals surface area contributed by atoms with Crippen molar-refractivity contribution in [3.8, 4) is 0 Å². The lowest BCUT2D eigenvalue weighted by Gasteiger charge is -2.38. The number of nitrogens with one attached hydrogen (secondary N) is 1. The summed E-state index contributed by atoms with van der Waals surface area (Å²) in [5, 5.41) is 12.4. The molecule has 4 nitrogen and oxygen atoms in total. The Morgan fingerprint density at radius 1 is 1.53 bits per heavy atom. The van der Waals surface area contributed by atoms with E-state index in [1.165, 1.54) is 0 Å². The van der Waals surface area contributed by atoms with Gasteiger partial charge in [-0.2, -0.15) is 0 Å². The molecule has 0 aromatic carbocycles. The Morgan fingerprint density at radius 3 is 2.47 bits per heavy atom. The molecule has 0 aromatic rings. The average Bonchev–Trinajstić information content (AvgIpc) is 2.26. The Bertz CT molecular complexity index is 167. The highest BCUT2D eigenvalue weighted by Crippen LogP contribution is 2.14. The van der Waals surface area contributed by atoms with E-state index in [2.05, 4.69) is 19.2 Å². The van der Waals surface area contributed by atoms with Crippen LogP contribution in [-0.4, -0.2) is 43.1 Å². The molecule has 0 aliphatic rings. The fourth-order valence-corrected chi connectivity index (χ4v) is 1.60. The highest BCUT2D eigenvalue weighted by atomic mass is 16.5. The summed E-state index contributed by atoms with van der Waals surface area (Å²) in [7, 11) is 1.69. The lowest BCUT2D eigenvalue weighted by Crippen LogP contribution is -2.59. The highest BCUT2D eigenvalue weighted by Gasteiger charge is 2.31. The van der Waals surface area contributed by atoms with E-state index in [9.17, 15) is 0 Å². The lowest BCUT2D eigenvalue weighted by atomic mass is 9.93. The molecule has 3 unspecified atom stereocenters. The average molecular weight is 218 g/mol. The summed E-state index contributed by atoms with van der Waals surface area (Å²) >= 11 is 0. The van der Waals surface area contributed by atoms with Crippen LogP contribution >= 0.6 is 0 Å². The SMILES string of the molecule is CCC(CCO)NC(C)(CN)C(C)OC. The Balaban J connectivity index is 4.38. The molecule has 0 saturated heterocycles. The zero-order valence-electron chi connectivity index (χ0n) is 10.4. The number of aliphatic hydroxyl groups is 1. The van der Waals surface area contributed by atoms with E-state index in [0.717, 1.165) is 12.8 Å². The predicted molar refractivity (Wildman–Crippen MR) is 62.8 cm³/mol. The first kappa shape index (κ1) is 14.8. The standard InChI is InChI=1S/C11H26N2O2/c1-5-10(6-7-14)13-11(3,8-12)9(2)15-4/h9-10,13-14H,5-8,12H2,1-4H3. The van der Waals surface area contributed by atoms with Gasteiger partial charge in [-0.05, 0) is 26.7 Å². The van der Waals surface area contributed by atoms with Crippen LogP contribution < -0.4 is 11.1 Å². The molecule has 92 valence electrons. The minimum absolute atomic E-state index is 0.0512. The molecule has 3 atom stereocenters. The van der Waals surface area contributed by atoms with Crippen LogP contribution in [0.2, 0.25) is 0 Å². The summed E-state index contributed by atoms with van der Waals surface area (Å²) in [5.74, 6) is 0. The fourth-order valence-electron chi connectivity index (χ4n) is 1.60. The molecular weight excluding hydrogens is 192 g/mol. The molecule has 0 rings (SSSR count). The van der Waals surface area contributed by atoms with Gasteiger partial charge in [-0.25, -0.2) is 0 Å². The van der Waals surface area contributed by atoms with Crippen LogP contribution in [0.15, 0.2) is 0 Å². The summed E-state index contributed by atoms with van der Waals surface area (Å²) in [4.78, 5) is 0. The van der Waals surface area contributed by atoms with Gasteiger partial charge in [0.25, 0.3) is 0 Å². The minimum atomic E-state index is -0.232. The van der Waals surface area contributed by atoms with Crippen molar-refractivity contribution in [3.05, 3.63) is 0 Å². The van der Waals surface area contributed by atoms with E-state index < -0.39 is 0 Å². The Labute approximate surface area is 93.2 Å². The number of hydrogen-bond donors (Lipinski definition) is 3. The number of methoxy groups -OCH3 is 1. The van der Waals surface area contributed by atoms with Crippen LogP contribution in [0.5, 0.6) is 0 Å². The summed E-state index contributed by atoms with van der Waals surface area (Å²) < 4.78 is 5.32. The smallest absolute Gasteiger partial charge is 0.0734 e. The largest absolute Gasteiger partial charge is 0.396 e. The topological polar surface area (TPSA) is 67.5 Å². The van der Waals surface area contributed by atoms with Crippen molar-refractivity contribution in [3.63, 3.8) is 0 Å². The third-order valence-corrected chi connectivity index (χ3v) is 3.18. The van der Waals surface area contributed by atoms with Crippen LogP contribution in [-0.2, 0) is 4.74 Å². The molecule has 0 fully saturated rings. The lowest BCUT2D eigenvalue weighted by molar-refractivity contribution is 0.0339. The first-order valence-electron chi connectivity index (χ1n) is 5.65. The Hall–Kier alpha value is -0.160. The monoisotopic (exact) mass is 218 g/mol. The zero-order valence-corrected chi connectivity index (χ0v) is 10.4. The van der Waals surface area contributed by atoms with Gasteiger partial charge in [0.1, 0.15) is 0 Å². The maximum absolute atomic E-state index is 8.93. The second-order valence-electron chi connectivity index (χ2n) is 4.26. The second-order valence-corrected chi connectivity index (χ2v) is 4.26. The normalized spacial score (nSPS) is 19.6. The number of ether oxygens (including phenoxy) is 1. The van der Waals surface area contributed by atoms with E-state index in [-0.39, 0.29) is 18.2 Å². The fraction of sp³-hybridized carbons (Fsp3) is 1.00. The summed E-state index contributed by atoms with van der Waals surface area (Å²) in [6, 6.07) is 0.293. The number of nitrogens with two attached hydrogens (primary N) is 1. The molecule has 0 aliphatic heterocycles. The van der Waals surface area contributed by atoms with Crippen LogP contribution in [0.4, 0.5) is 0 Å². The van der Waals surface area contributed by atoms with Crippen LogP contribution in [0.1, 0.15) is 33.6 Å². The van der Waals surface area contributed by atoms with Gasteiger partial charge in [0.05, 0.1) is 11.6 Å². The van der Waals surface area contributed by atoms with Crippen molar-refractivity contribution >= 4 is 0 Å². The van der Waals surface area contributed by atoms with E-state index in [4.69, 9.17) is 15.6 Å². The Morgan fingerprint density at radius 2 is 2.13 bits per heavy atom. The summed E-state index contributed by atoms with van der Waals surface area (Å²) in [5.41, 5.74) is 5.55. The van der Waals surface area contributed by atoms with Crippen molar-refractivity contribution in [1.29, 1.82) is 0 Å². The van der Waals surface area contributed by atoms with Crippen molar-refractivity contribution in [1.82, 2.24) is 5.32 Å². The van der Waals surface area contributed by atoms with Crippen molar-refractivity contribution < 1.29 is 9.84 Å². The maximum Gasteiger partial charge on any atom is 0.0734 e. The number of aliphatic hydroxyl groups excluding tert-OH is 1. The van der Waals surface area contributed by atoms with Gasteiger partial charge in [-0.15, -0.1) is 0 Å². The molecule has 0 radical (unpaired) electrons. The highest BCUT2D eigenvalue weighted by molar-refractivity contribution is 4.92. The molecule has 0 amide bonds. The molecule has 0 bridgehead atoms. The zero-order chi connectivity index (χ0) is 11.9. The van der Waals surface area contributed by atoms with Crippen molar-refractivity contribution in [2.24, 2.45) is 5.73 Å². The first-order valence-corrected chi connectivity index (χ1v) is 5.65. The minimum Gasteiger partial charge on any atom is -0.396 e. The van der Waals surface area contributed by atoms with E-state index in [1.807, 2.05) is 6.92 Å². The molecule has 4 heteroatoms. The quantitative estimate of drug-likeness (QED) is 0.554. The van der Waals surface area contributed by atoms with Crippen molar-refractivity contribution in [2.45, 2.75) is 51.3 Å². The number of rotatable bonds is 8. The second kappa shape index (κ2) is 7.17. The number of hydrogen-bond acceptors (Lipinski definition) is 4. The molecule has 0 aromatic heterocycles. The van der Waals surface area contributed by atoms with Gasteiger partial charge in [-0.1, -0.05) is 6.92 Å². The summed E-state index contributed by atoms with van der Waals surface area (Å²) in [6.45, 7) is 6.88. The van der Waals surface area contributed by atoms with Gasteiger partial charge in [0, 0.05) is 26.3 Å². The molecule has 0 saturated carbocycles. The van der Waals surface area contributed by atoms with Gasteiger partial charge in [0.2, 0.25) is 0 Å². The molecule has 0 spiro atoms. The maximum atomic E-state index is 8.93. The third kappa shape index (κ3) is 4.47.